The molecule has 82 valence electrons. The number of primary sulfonamides is 1. The summed E-state index contributed by atoms with van der Waals surface area (Å²) in [7, 11) is -3.90. The molecule has 1 aromatic rings. The van der Waals surface area contributed by atoms with E-state index in [0.29, 0.717) is 0 Å². The summed E-state index contributed by atoms with van der Waals surface area (Å²) in [5.41, 5.74) is -0.693. The van der Waals surface area contributed by atoms with Gasteiger partial charge in [0.1, 0.15) is 5.82 Å². The van der Waals surface area contributed by atoms with Crippen molar-refractivity contribution in [1.29, 1.82) is 0 Å². The molecule has 0 saturated carbocycles. The Morgan fingerprint density at radius 1 is 1.47 bits per heavy atom. The van der Waals surface area contributed by atoms with E-state index in [4.69, 9.17) is 5.14 Å². The zero-order chi connectivity index (χ0) is 11.6. The Morgan fingerprint density at radius 2 is 2.07 bits per heavy atom. The highest BCUT2D eigenvalue weighted by Gasteiger charge is 2.14. The fourth-order valence-electron chi connectivity index (χ4n) is 1.00. The van der Waals surface area contributed by atoms with Crippen LogP contribution in [0.1, 0.15) is 5.56 Å². The van der Waals surface area contributed by atoms with Crippen molar-refractivity contribution >= 4 is 15.7 Å². The number of sulfonamides is 1. The molecule has 0 aliphatic heterocycles. The van der Waals surface area contributed by atoms with Gasteiger partial charge in [0, 0.05) is 17.7 Å². The predicted octanol–water partition coefficient (Wildman–Crippen LogP) is 0.522. The fraction of sp³-hybridized carbons (Fsp3) is 0.143. The molecule has 0 spiro atoms. The Kier molecular flexibility index (Phi) is 3.01. The molecule has 8 heteroatoms. The van der Waals surface area contributed by atoms with Crippen LogP contribution in [0.25, 0.3) is 0 Å². The van der Waals surface area contributed by atoms with Crippen LogP contribution in [0.4, 0.5) is 10.1 Å². The molecule has 0 unspecified atom stereocenters. The van der Waals surface area contributed by atoms with Crippen molar-refractivity contribution in [2.75, 3.05) is 0 Å². The third-order valence-electron chi connectivity index (χ3n) is 1.60. The van der Waals surface area contributed by atoms with Crippen molar-refractivity contribution in [3.05, 3.63) is 39.7 Å². The number of nitrogens with zero attached hydrogens (tertiary/aromatic N) is 1. The van der Waals surface area contributed by atoms with Crippen molar-refractivity contribution in [3.8, 4) is 0 Å². The number of hydrogen-bond acceptors (Lipinski definition) is 4. The van der Waals surface area contributed by atoms with Crippen LogP contribution in [-0.4, -0.2) is 13.3 Å². The van der Waals surface area contributed by atoms with E-state index in [1.807, 2.05) is 0 Å². The first-order valence-electron chi connectivity index (χ1n) is 3.73. The lowest BCUT2D eigenvalue weighted by molar-refractivity contribution is -0.385. The number of nitrogens with two attached hydrogens (primary N) is 1. The normalized spacial score (nSPS) is 11.3. The molecule has 1 aromatic carbocycles. The van der Waals surface area contributed by atoms with E-state index >= 15 is 0 Å². The van der Waals surface area contributed by atoms with Gasteiger partial charge in [0.2, 0.25) is 10.0 Å². The van der Waals surface area contributed by atoms with E-state index in [2.05, 4.69) is 0 Å². The number of rotatable bonds is 3. The molecule has 0 aliphatic carbocycles. The summed E-state index contributed by atoms with van der Waals surface area (Å²) in [5, 5.41) is 15.0. The number of halogens is 1. The summed E-state index contributed by atoms with van der Waals surface area (Å²) in [5.74, 6) is -1.60. The average molecular weight is 234 g/mol. The van der Waals surface area contributed by atoms with Gasteiger partial charge in [-0.15, -0.1) is 0 Å². The maximum absolute atomic E-state index is 13.0. The van der Waals surface area contributed by atoms with Gasteiger partial charge in [0.15, 0.2) is 0 Å². The minimum Gasteiger partial charge on any atom is -0.258 e. The Bertz CT molecular complexity index is 500. The summed E-state index contributed by atoms with van der Waals surface area (Å²) >= 11 is 0. The molecule has 0 atom stereocenters. The SMILES string of the molecule is NS(=O)(=O)Cc1cc([N+](=O)[O-])ccc1F. The molecule has 1 rings (SSSR count). The van der Waals surface area contributed by atoms with Crippen LogP contribution in [0.15, 0.2) is 18.2 Å². The Labute approximate surface area is 84.7 Å². The molecule has 0 heterocycles. The molecule has 2 N–H and O–H groups in total. The summed E-state index contributed by atoms with van der Waals surface area (Å²) in [4.78, 5) is 9.59. The molecule has 0 amide bonds. The first-order valence-corrected chi connectivity index (χ1v) is 5.44. The predicted molar refractivity (Wildman–Crippen MR) is 49.9 cm³/mol. The van der Waals surface area contributed by atoms with Crippen LogP contribution in [0.2, 0.25) is 0 Å². The van der Waals surface area contributed by atoms with Gasteiger partial charge < -0.3 is 0 Å². The van der Waals surface area contributed by atoms with E-state index in [9.17, 15) is 22.9 Å². The molecule has 0 fully saturated rings. The van der Waals surface area contributed by atoms with E-state index in [-0.39, 0.29) is 11.3 Å². The van der Waals surface area contributed by atoms with E-state index in [0.717, 1.165) is 18.2 Å². The standard InChI is InChI=1S/C7H7FN2O4S/c8-7-2-1-6(10(11)12)3-5(7)4-15(9,13)14/h1-3H,4H2,(H2,9,13,14). The number of nitro benzene ring substituents is 1. The molecule has 0 aliphatic rings. The second-order valence-corrected chi connectivity index (χ2v) is 4.45. The topological polar surface area (TPSA) is 103 Å². The van der Waals surface area contributed by atoms with Crippen LogP contribution in [0, 0.1) is 15.9 Å². The third-order valence-corrected chi connectivity index (χ3v) is 2.31. The summed E-state index contributed by atoms with van der Waals surface area (Å²) < 4.78 is 34.4. The van der Waals surface area contributed by atoms with Gasteiger partial charge in [-0.25, -0.2) is 17.9 Å². The number of nitro groups is 1. The van der Waals surface area contributed by atoms with E-state index < -0.39 is 26.5 Å². The summed E-state index contributed by atoms with van der Waals surface area (Å²) in [6, 6.07) is 2.63. The van der Waals surface area contributed by atoms with Crippen LogP contribution in [0.5, 0.6) is 0 Å². The zero-order valence-corrected chi connectivity index (χ0v) is 8.20. The smallest absolute Gasteiger partial charge is 0.258 e. The third kappa shape index (κ3) is 3.26. The highest BCUT2D eigenvalue weighted by molar-refractivity contribution is 7.88. The second-order valence-electron chi connectivity index (χ2n) is 2.84. The van der Waals surface area contributed by atoms with Gasteiger partial charge in [0.05, 0.1) is 10.7 Å². The number of non-ortho nitro benzene ring substituents is 1. The highest BCUT2D eigenvalue weighted by atomic mass is 32.2. The average Bonchev–Trinajstić information content (AvgIpc) is 2.06. The summed E-state index contributed by atoms with van der Waals surface area (Å²) in [6.45, 7) is 0. The zero-order valence-electron chi connectivity index (χ0n) is 7.38. The quantitative estimate of drug-likeness (QED) is 0.608. The van der Waals surface area contributed by atoms with Crippen molar-refractivity contribution in [1.82, 2.24) is 0 Å². The number of benzene rings is 1. The van der Waals surface area contributed by atoms with Gasteiger partial charge >= 0.3 is 0 Å². The molecule has 0 radical (unpaired) electrons. The Balaban J connectivity index is 3.17. The molecule has 0 saturated heterocycles. The lowest BCUT2D eigenvalue weighted by Crippen LogP contribution is -2.15. The maximum Gasteiger partial charge on any atom is 0.269 e. The maximum atomic E-state index is 13.0. The monoisotopic (exact) mass is 234 g/mol. The lowest BCUT2D eigenvalue weighted by atomic mass is 10.2. The van der Waals surface area contributed by atoms with Gasteiger partial charge in [-0.05, 0) is 6.07 Å². The van der Waals surface area contributed by atoms with Crippen molar-refractivity contribution in [2.24, 2.45) is 5.14 Å². The minimum atomic E-state index is -3.90. The Hall–Kier alpha value is -1.54. The Morgan fingerprint density at radius 3 is 2.53 bits per heavy atom. The first kappa shape index (κ1) is 11.5. The lowest BCUT2D eigenvalue weighted by Gasteiger charge is -2.00. The second kappa shape index (κ2) is 3.91. The molecule has 6 nitrogen and oxygen atoms in total. The van der Waals surface area contributed by atoms with Crippen molar-refractivity contribution in [2.45, 2.75) is 5.75 Å². The van der Waals surface area contributed by atoms with Crippen LogP contribution < -0.4 is 5.14 Å². The molecule has 0 bridgehead atoms. The molecular formula is C7H7FN2O4S. The van der Waals surface area contributed by atoms with E-state index in [1.54, 1.807) is 0 Å². The van der Waals surface area contributed by atoms with Gasteiger partial charge in [0.25, 0.3) is 5.69 Å². The van der Waals surface area contributed by atoms with Gasteiger partial charge in [-0.1, -0.05) is 0 Å². The van der Waals surface area contributed by atoms with Crippen molar-refractivity contribution < 1.29 is 17.7 Å². The molecule has 0 aromatic heterocycles. The number of hydrogen-bond donors (Lipinski definition) is 1. The minimum absolute atomic E-state index is 0.313. The van der Waals surface area contributed by atoms with Gasteiger partial charge in [-0.3, -0.25) is 10.1 Å². The fourth-order valence-corrected chi connectivity index (χ4v) is 1.66. The summed E-state index contributed by atoms with van der Waals surface area (Å²) in [6.07, 6.45) is 0. The van der Waals surface area contributed by atoms with Crippen LogP contribution in [0.3, 0.4) is 0 Å². The van der Waals surface area contributed by atoms with Crippen molar-refractivity contribution in [3.63, 3.8) is 0 Å². The molecule has 15 heavy (non-hydrogen) atoms. The van der Waals surface area contributed by atoms with Crippen LogP contribution in [-0.2, 0) is 15.8 Å². The first-order chi connectivity index (χ1) is 6.79. The van der Waals surface area contributed by atoms with E-state index in [1.165, 1.54) is 0 Å². The highest BCUT2D eigenvalue weighted by Crippen LogP contribution is 2.18. The van der Waals surface area contributed by atoms with Crippen LogP contribution >= 0.6 is 0 Å². The van der Waals surface area contributed by atoms with Gasteiger partial charge in [-0.2, -0.15) is 0 Å². The largest absolute Gasteiger partial charge is 0.269 e. The molecular weight excluding hydrogens is 227 g/mol.